The molecule has 0 spiro atoms. The molecule has 0 radical (unpaired) electrons. The van der Waals surface area contributed by atoms with Gasteiger partial charge in [0.15, 0.2) is 5.78 Å². The highest BCUT2D eigenvalue weighted by Crippen LogP contribution is 2.55. The normalized spacial score (nSPS) is 17.0. The van der Waals surface area contributed by atoms with Crippen LogP contribution in [0, 0.1) is 0 Å². The van der Waals surface area contributed by atoms with Crippen molar-refractivity contribution in [3.63, 3.8) is 0 Å². The van der Waals surface area contributed by atoms with E-state index in [1.807, 2.05) is 66.7 Å². The zero-order valence-electron chi connectivity index (χ0n) is 23.5. The number of likely N-dealkylation sites (tertiary alicyclic amines) is 1. The van der Waals surface area contributed by atoms with Crippen LogP contribution in [0.25, 0.3) is 0 Å². The summed E-state index contributed by atoms with van der Waals surface area (Å²) in [5, 5.41) is 0. The molecule has 0 bridgehead atoms. The molecule has 216 valence electrons. The molecule has 7 nitrogen and oxygen atoms in total. The van der Waals surface area contributed by atoms with Crippen LogP contribution in [0.15, 0.2) is 91.0 Å². The van der Waals surface area contributed by atoms with E-state index in [0.717, 1.165) is 11.1 Å². The Bertz CT molecular complexity index is 1330. The number of carbonyl (C=O) groups is 3. The van der Waals surface area contributed by atoms with Crippen molar-refractivity contribution in [1.29, 1.82) is 0 Å². The standard InChI is InChI=1S/C33H38NO6P/c1-2-40-41(38,25-32(36)34-22-12-19-30(34)33(37)39-24-27-15-8-4-9-16-27)29(21-20-26-13-6-3-7-14-26)23-31(35)28-17-10-5-11-18-28/h3-11,13-18,29-30H,2,12,19-25H2,1H3/t29?,30-,41?/m0/s1. The molecule has 1 saturated heterocycles. The van der Waals surface area contributed by atoms with Gasteiger partial charge in [-0.05, 0) is 43.7 Å². The molecule has 3 atom stereocenters. The van der Waals surface area contributed by atoms with Crippen LogP contribution in [0.1, 0.15) is 54.1 Å². The van der Waals surface area contributed by atoms with Crippen LogP contribution in [0.2, 0.25) is 0 Å². The number of Topliss-reactive ketones (excluding diaryl/α,β-unsaturated/α-hetero) is 1. The third-order valence-corrected chi connectivity index (χ3v) is 10.4. The quantitative estimate of drug-likeness (QED) is 0.127. The first kappa shape index (κ1) is 30.4. The van der Waals surface area contributed by atoms with Gasteiger partial charge in [0.2, 0.25) is 13.3 Å². The highest BCUT2D eigenvalue weighted by atomic mass is 31.2. The maximum absolute atomic E-state index is 14.5. The van der Waals surface area contributed by atoms with E-state index in [2.05, 4.69) is 0 Å². The summed E-state index contributed by atoms with van der Waals surface area (Å²) in [6, 6.07) is 27.3. The lowest BCUT2D eigenvalue weighted by Crippen LogP contribution is -2.43. The predicted molar refractivity (Wildman–Crippen MR) is 159 cm³/mol. The first-order valence-electron chi connectivity index (χ1n) is 14.2. The number of benzene rings is 3. The van der Waals surface area contributed by atoms with E-state index >= 15 is 0 Å². The van der Waals surface area contributed by atoms with Gasteiger partial charge in [-0.15, -0.1) is 0 Å². The molecule has 1 fully saturated rings. The van der Waals surface area contributed by atoms with Crippen LogP contribution in [0.3, 0.4) is 0 Å². The van der Waals surface area contributed by atoms with Crippen molar-refractivity contribution in [2.24, 2.45) is 0 Å². The first-order chi connectivity index (χ1) is 19.9. The molecule has 1 aliphatic rings. The van der Waals surface area contributed by atoms with Gasteiger partial charge in [-0.25, -0.2) is 4.79 Å². The third kappa shape index (κ3) is 8.48. The summed E-state index contributed by atoms with van der Waals surface area (Å²) in [6.07, 6.45) is 1.81. The number of rotatable bonds is 14. The van der Waals surface area contributed by atoms with Gasteiger partial charge in [0.25, 0.3) is 0 Å². The largest absolute Gasteiger partial charge is 0.459 e. The Balaban J connectivity index is 1.50. The molecule has 0 aromatic heterocycles. The molecule has 2 unspecified atom stereocenters. The fourth-order valence-corrected chi connectivity index (χ4v) is 7.81. The van der Waals surface area contributed by atoms with Crippen molar-refractivity contribution in [1.82, 2.24) is 4.90 Å². The number of aryl methyl sites for hydroxylation is 1. The van der Waals surface area contributed by atoms with Crippen LogP contribution in [-0.2, 0) is 36.4 Å². The molecule has 0 N–H and O–H groups in total. The van der Waals surface area contributed by atoms with Crippen molar-refractivity contribution in [2.75, 3.05) is 19.3 Å². The number of amides is 1. The average molecular weight is 576 g/mol. The molecule has 3 aromatic rings. The van der Waals surface area contributed by atoms with Crippen LogP contribution < -0.4 is 0 Å². The zero-order valence-corrected chi connectivity index (χ0v) is 24.4. The molecule has 1 amide bonds. The summed E-state index contributed by atoms with van der Waals surface area (Å²) in [4.78, 5) is 41.3. The average Bonchev–Trinajstić information content (AvgIpc) is 3.50. The van der Waals surface area contributed by atoms with Crippen molar-refractivity contribution in [2.45, 2.75) is 57.3 Å². The number of nitrogens with zero attached hydrogens (tertiary/aromatic N) is 1. The SMILES string of the molecule is CCOP(=O)(CC(=O)N1CCC[C@H]1C(=O)OCc1ccccc1)C(CCc1ccccc1)CC(=O)c1ccccc1. The first-order valence-corrected chi connectivity index (χ1v) is 16.1. The van der Waals surface area contributed by atoms with E-state index in [1.54, 1.807) is 31.2 Å². The minimum atomic E-state index is -3.63. The Hall–Kier alpha value is -3.54. The van der Waals surface area contributed by atoms with Gasteiger partial charge in [0.05, 0.1) is 6.61 Å². The van der Waals surface area contributed by atoms with Gasteiger partial charge in [-0.1, -0.05) is 91.0 Å². The molecule has 0 aliphatic carbocycles. The molecule has 4 rings (SSSR count). The second-order valence-corrected chi connectivity index (χ2v) is 13.1. The lowest BCUT2D eigenvalue weighted by molar-refractivity contribution is -0.154. The number of esters is 1. The van der Waals surface area contributed by atoms with E-state index in [9.17, 15) is 18.9 Å². The molecule has 1 aliphatic heterocycles. The van der Waals surface area contributed by atoms with Gasteiger partial charge in [-0.2, -0.15) is 0 Å². The Morgan fingerprint density at radius 3 is 2.15 bits per heavy atom. The van der Waals surface area contributed by atoms with Crippen LogP contribution in [0.4, 0.5) is 0 Å². The minimum absolute atomic E-state index is 0.00392. The van der Waals surface area contributed by atoms with E-state index in [-0.39, 0.29) is 31.6 Å². The summed E-state index contributed by atoms with van der Waals surface area (Å²) in [5.74, 6) is -1.01. The predicted octanol–water partition coefficient (Wildman–Crippen LogP) is 6.31. The van der Waals surface area contributed by atoms with Crippen molar-refractivity contribution < 1.29 is 28.2 Å². The summed E-state index contributed by atoms with van der Waals surface area (Å²) < 4.78 is 25.9. The maximum atomic E-state index is 14.5. The molecule has 1 heterocycles. The van der Waals surface area contributed by atoms with Crippen molar-refractivity contribution >= 4 is 25.0 Å². The Kier molecular flexibility index (Phi) is 11.1. The van der Waals surface area contributed by atoms with Gasteiger partial charge in [0, 0.05) is 24.2 Å². The topological polar surface area (TPSA) is 90.0 Å². The Morgan fingerprint density at radius 2 is 1.51 bits per heavy atom. The van der Waals surface area contributed by atoms with Gasteiger partial charge in [0.1, 0.15) is 18.8 Å². The highest BCUT2D eigenvalue weighted by Gasteiger charge is 2.42. The number of carbonyl (C=O) groups excluding carboxylic acids is 3. The molecule has 3 aromatic carbocycles. The molecular formula is C33H38NO6P. The molecule has 8 heteroatoms. The lowest BCUT2D eigenvalue weighted by atomic mass is 10.0. The second-order valence-electron chi connectivity index (χ2n) is 10.3. The van der Waals surface area contributed by atoms with Crippen LogP contribution >= 0.6 is 7.37 Å². The van der Waals surface area contributed by atoms with Crippen LogP contribution in [-0.4, -0.2) is 53.6 Å². The zero-order chi connectivity index (χ0) is 29.1. The summed E-state index contributed by atoms with van der Waals surface area (Å²) in [7, 11) is -3.63. The molecular weight excluding hydrogens is 537 g/mol. The van der Waals surface area contributed by atoms with E-state index in [4.69, 9.17) is 9.26 Å². The van der Waals surface area contributed by atoms with Crippen molar-refractivity contribution in [3.8, 4) is 0 Å². The third-order valence-electron chi connectivity index (χ3n) is 7.45. The smallest absolute Gasteiger partial charge is 0.329 e. The fraction of sp³-hybridized carbons (Fsp3) is 0.364. The Morgan fingerprint density at radius 1 is 0.902 bits per heavy atom. The number of ketones is 1. The maximum Gasteiger partial charge on any atom is 0.329 e. The second kappa shape index (κ2) is 14.9. The summed E-state index contributed by atoms with van der Waals surface area (Å²) >= 11 is 0. The number of hydrogen-bond donors (Lipinski definition) is 0. The van der Waals surface area contributed by atoms with Gasteiger partial charge >= 0.3 is 5.97 Å². The van der Waals surface area contributed by atoms with E-state index < -0.39 is 30.9 Å². The monoisotopic (exact) mass is 575 g/mol. The summed E-state index contributed by atoms with van der Waals surface area (Å²) in [5.41, 5.74) is 1.81. The van der Waals surface area contributed by atoms with Gasteiger partial charge < -0.3 is 14.2 Å². The molecule has 0 saturated carbocycles. The fourth-order valence-electron chi connectivity index (χ4n) is 5.28. The van der Waals surface area contributed by atoms with Gasteiger partial charge in [-0.3, -0.25) is 14.2 Å². The lowest BCUT2D eigenvalue weighted by Gasteiger charge is -2.30. The van der Waals surface area contributed by atoms with E-state index in [1.165, 1.54) is 4.90 Å². The highest BCUT2D eigenvalue weighted by molar-refractivity contribution is 7.60. The van der Waals surface area contributed by atoms with Crippen molar-refractivity contribution in [3.05, 3.63) is 108 Å². The number of ether oxygens (including phenoxy) is 1. The van der Waals surface area contributed by atoms with Crippen LogP contribution in [0.5, 0.6) is 0 Å². The Labute approximate surface area is 242 Å². The van der Waals surface area contributed by atoms with E-state index in [0.29, 0.717) is 37.8 Å². The number of hydrogen-bond acceptors (Lipinski definition) is 6. The summed E-state index contributed by atoms with van der Waals surface area (Å²) in [6.45, 7) is 2.39. The molecule has 41 heavy (non-hydrogen) atoms. The minimum Gasteiger partial charge on any atom is -0.459 e.